The maximum absolute atomic E-state index is 12.9. The van der Waals surface area contributed by atoms with Crippen LogP contribution in [0.1, 0.15) is 22.8 Å². The van der Waals surface area contributed by atoms with Gasteiger partial charge in [-0.05, 0) is 48.4 Å². The summed E-state index contributed by atoms with van der Waals surface area (Å²) in [5.41, 5.74) is 10.8. The van der Waals surface area contributed by atoms with E-state index in [1.165, 1.54) is 0 Å². The van der Waals surface area contributed by atoms with E-state index in [1.54, 1.807) is 45.7 Å². The van der Waals surface area contributed by atoms with Crippen molar-refractivity contribution in [1.82, 2.24) is 15.0 Å². The summed E-state index contributed by atoms with van der Waals surface area (Å²) in [6, 6.07) is 11.1. The van der Waals surface area contributed by atoms with Crippen LogP contribution in [0.15, 0.2) is 52.4 Å². The number of methoxy groups -OCH3 is 2. The topological polar surface area (TPSA) is 130 Å². The number of rotatable bonds is 8. The molecule has 182 valence electrons. The summed E-state index contributed by atoms with van der Waals surface area (Å²) in [7, 11) is 4.83. The van der Waals surface area contributed by atoms with Crippen LogP contribution in [-0.4, -0.2) is 48.6 Å². The van der Waals surface area contributed by atoms with E-state index < -0.39 is 0 Å². The number of aromatic nitrogens is 3. The van der Waals surface area contributed by atoms with Gasteiger partial charge in [-0.25, -0.2) is 4.98 Å². The number of nitrogens with one attached hydrogen (secondary N) is 3. The highest BCUT2D eigenvalue weighted by Gasteiger charge is 2.18. The van der Waals surface area contributed by atoms with Crippen LogP contribution in [0.5, 0.6) is 5.75 Å². The second kappa shape index (κ2) is 10.2. The van der Waals surface area contributed by atoms with Crippen LogP contribution in [-0.2, 0) is 4.74 Å². The lowest BCUT2D eigenvalue weighted by atomic mass is 10.1. The minimum atomic E-state index is -0.317. The highest BCUT2D eigenvalue weighted by Crippen LogP contribution is 2.30. The van der Waals surface area contributed by atoms with Crippen molar-refractivity contribution in [2.45, 2.75) is 13.0 Å². The third-order valence-electron chi connectivity index (χ3n) is 5.82. The van der Waals surface area contributed by atoms with Crippen molar-refractivity contribution < 1.29 is 9.47 Å². The van der Waals surface area contributed by atoms with Gasteiger partial charge in [-0.3, -0.25) is 9.79 Å². The Morgan fingerprint density at radius 2 is 2.06 bits per heavy atom. The molecule has 5 N–H and O–H groups in total. The van der Waals surface area contributed by atoms with Crippen LogP contribution >= 0.6 is 11.6 Å². The van der Waals surface area contributed by atoms with E-state index >= 15 is 0 Å². The van der Waals surface area contributed by atoms with Crippen molar-refractivity contribution in [3.05, 3.63) is 74.7 Å². The lowest BCUT2D eigenvalue weighted by Crippen LogP contribution is -2.18. The molecule has 1 unspecified atom stereocenters. The largest absolute Gasteiger partial charge is 0.495 e. The number of hydrogen-bond acceptors (Lipinski definition) is 6. The summed E-state index contributed by atoms with van der Waals surface area (Å²) in [6.45, 7) is 2.33. The maximum atomic E-state index is 12.9. The molecule has 0 aliphatic carbocycles. The lowest BCUT2D eigenvalue weighted by Gasteiger charge is -2.19. The van der Waals surface area contributed by atoms with E-state index in [4.69, 9.17) is 31.8 Å². The van der Waals surface area contributed by atoms with Crippen LogP contribution in [0.25, 0.3) is 22.4 Å². The van der Waals surface area contributed by atoms with Crippen LogP contribution in [0, 0.1) is 6.92 Å². The molecule has 0 amide bonds. The van der Waals surface area contributed by atoms with Gasteiger partial charge < -0.3 is 30.5 Å². The number of ether oxygens (including phenoxy) is 2. The zero-order valence-corrected chi connectivity index (χ0v) is 20.7. The van der Waals surface area contributed by atoms with Crippen molar-refractivity contribution in [3.63, 3.8) is 0 Å². The Bertz CT molecular complexity index is 1460. The number of H-pyrrole nitrogens is 2. The van der Waals surface area contributed by atoms with Gasteiger partial charge in [-0.15, -0.1) is 0 Å². The second-order valence-electron chi connectivity index (χ2n) is 7.98. The summed E-state index contributed by atoms with van der Waals surface area (Å²) in [6.07, 6.45) is 1.27. The molecule has 1 atom stereocenters. The van der Waals surface area contributed by atoms with Gasteiger partial charge in [0, 0.05) is 32.5 Å². The molecule has 0 radical (unpaired) electrons. The molecule has 2 heterocycles. The maximum Gasteiger partial charge on any atom is 0.261 e. The summed E-state index contributed by atoms with van der Waals surface area (Å²) in [4.78, 5) is 27.6. The first-order valence-corrected chi connectivity index (χ1v) is 11.3. The molecular weight excluding hydrogens is 468 g/mol. The second-order valence-corrected chi connectivity index (χ2v) is 8.39. The van der Waals surface area contributed by atoms with Gasteiger partial charge in [-0.1, -0.05) is 17.7 Å². The molecule has 10 heteroatoms. The van der Waals surface area contributed by atoms with Gasteiger partial charge in [0.25, 0.3) is 5.56 Å². The first-order chi connectivity index (χ1) is 16.9. The summed E-state index contributed by atoms with van der Waals surface area (Å²) in [5.74, 6) is 1.46. The fourth-order valence-electron chi connectivity index (χ4n) is 3.97. The van der Waals surface area contributed by atoms with Crippen molar-refractivity contribution in [1.29, 1.82) is 0 Å². The van der Waals surface area contributed by atoms with Gasteiger partial charge in [-0.2, -0.15) is 0 Å². The molecule has 0 fully saturated rings. The van der Waals surface area contributed by atoms with Crippen molar-refractivity contribution in [3.8, 4) is 17.1 Å². The Labute approximate surface area is 207 Å². The monoisotopic (exact) mass is 494 g/mol. The normalized spacial score (nSPS) is 12.7. The standard InChI is InChI=1S/C25H27ClN6O3/c1-13-9-15(23(27)28-2)11-18-22(13)32-24(31-18)21-17(7-8-29-25(21)33)30-12-20(35-4)14-5-6-19(34-3)16(26)10-14/h5-11,20H,12H2,1-4H3,(H2,27,28)(H,31,32)(H2,29,30,33). The van der Waals surface area contributed by atoms with E-state index in [0.29, 0.717) is 40.2 Å². The average Bonchev–Trinajstić information content (AvgIpc) is 3.28. The molecule has 2 aromatic carbocycles. The van der Waals surface area contributed by atoms with Gasteiger partial charge in [0.2, 0.25) is 0 Å². The van der Waals surface area contributed by atoms with E-state index in [-0.39, 0.29) is 11.7 Å². The number of halogens is 1. The van der Waals surface area contributed by atoms with Gasteiger partial charge in [0.1, 0.15) is 23.0 Å². The van der Waals surface area contributed by atoms with Crippen LogP contribution in [0.2, 0.25) is 5.02 Å². The highest BCUT2D eigenvalue weighted by molar-refractivity contribution is 6.32. The molecule has 0 aliphatic heterocycles. The molecule has 0 saturated heterocycles. The fourth-order valence-corrected chi connectivity index (χ4v) is 4.24. The minimum Gasteiger partial charge on any atom is -0.495 e. The van der Waals surface area contributed by atoms with Crippen LogP contribution in [0.4, 0.5) is 5.69 Å². The number of fused-ring (bicyclic) bond motifs is 1. The predicted molar refractivity (Wildman–Crippen MR) is 140 cm³/mol. The Hall–Kier alpha value is -3.82. The molecule has 35 heavy (non-hydrogen) atoms. The molecule has 2 aromatic heterocycles. The Balaban J connectivity index is 1.68. The van der Waals surface area contributed by atoms with Gasteiger partial charge in [0.05, 0.1) is 35.0 Å². The van der Waals surface area contributed by atoms with E-state index in [9.17, 15) is 4.79 Å². The zero-order chi connectivity index (χ0) is 25.1. The number of hydrogen-bond donors (Lipinski definition) is 4. The number of anilines is 1. The van der Waals surface area contributed by atoms with Crippen LogP contribution in [0.3, 0.4) is 0 Å². The molecule has 0 saturated carbocycles. The first kappa shape index (κ1) is 24.3. The van der Waals surface area contributed by atoms with Crippen molar-refractivity contribution in [2.75, 3.05) is 33.1 Å². The molecule has 4 aromatic rings. The first-order valence-electron chi connectivity index (χ1n) is 10.9. The molecule has 0 aliphatic rings. The van der Waals surface area contributed by atoms with E-state index in [1.807, 2.05) is 25.1 Å². The number of aliphatic imine (C=N–C) groups is 1. The smallest absolute Gasteiger partial charge is 0.261 e. The van der Waals surface area contributed by atoms with Crippen LogP contribution < -0.4 is 21.3 Å². The fraction of sp³-hybridized carbons (Fsp3) is 0.240. The van der Waals surface area contributed by atoms with E-state index in [0.717, 1.165) is 27.7 Å². The third-order valence-corrected chi connectivity index (χ3v) is 6.12. The number of nitrogens with zero attached hydrogens (tertiary/aromatic N) is 2. The molecular formula is C25H27ClN6O3. The number of pyridine rings is 1. The lowest BCUT2D eigenvalue weighted by molar-refractivity contribution is 0.114. The number of benzene rings is 2. The average molecular weight is 495 g/mol. The Morgan fingerprint density at radius 1 is 1.26 bits per heavy atom. The third kappa shape index (κ3) is 4.87. The molecule has 9 nitrogen and oxygen atoms in total. The number of nitrogens with two attached hydrogens (primary N) is 1. The zero-order valence-electron chi connectivity index (χ0n) is 19.9. The van der Waals surface area contributed by atoms with Gasteiger partial charge >= 0.3 is 0 Å². The van der Waals surface area contributed by atoms with Gasteiger partial charge in [0.15, 0.2) is 0 Å². The van der Waals surface area contributed by atoms with Crippen molar-refractivity contribution in [2.24, 2.45) is 10.7 Å². The summed E-state index contributed by atoms with van der Waals surface area (Å²) in [5, 5.41) is 3.82. The van der Waals surface area contributed by atoms with Crippen molar-refractivity contribution >= 4 is 34.2 Å². The predicted octanol–water partition coefficient (Wildman–Crippen LogP) is 4.02. The number of aryl methyl sites for hydroxylation is 1. The summed E-state index contributed by atoms with van der Waals surface area (Å²) >= 11 is 6.29. The minimum absolute atomic E-state index is 0.275. The number of aromatic amines is 2. The van der Waals surface area contributed by atoms with E-state index in [2.05, 4.69) is 20.3 Å². The number of amidine groups is 1. The Kier molecular flexibility index (Phi) is 7.09. The number of imidazole rings is 1. The SMILES string of the molecule is C/N=C(\N)c1cc(C)c2nc(-c3c(NCC(OC)c4ccc(OC)c(Cl)c4)cc[nH]c3=O)[nH]c2c1. The molecule has 0 bridgehead atoms. The molecule has 4 rings (SSSR count). The Morgan fingerprint density at radius 3 is 2.74 bits per heavy atom. The highest BCUT2D eigenvalue weighted by atomic mass is 35.5. The molecule has 0 spiro atoms. The quantitative estimate of drug-likeness (QED) is 0.216. The summed E-state index contributed by atoms with van der Waals surface area (Å²) < 4.78 is 10.9.